The zero-order valence-electron chi connectivity index (χ0n) is 12.6. The molecule has 0 spiro atoms. The van der Waals surface area contributed by atoms with Crippen LogP contribution in [0.4, 0.5) is 5.69 Å². The zero-order chi connectivity index (χ0) is 15.1. The highest BCUT2D eigenvalue weighted by Crippen LogP contribution is 2.25. The largest absolute Gasteiger partial charge is 0.491 e. The number of carbonyl (C=O) groups is 1. The molecule has 1 heterocycles. The van der Waals surface area contributed by atoms with E-state index in [-0.39, 0.29) is 12.3 Å². The van der Waals surface area contributed by atoms with E-state index in [1.54, 1.807) is 0 Å². The number of rotatable bonds is 8. The van der Waals surface area contributed by atoms with Crippen molar-refractivity contribution in [3.05, 3.63) is 24.3 Å². The number of hydrogen-bond donors (Lipinski definition) is 3. The molecule has 0 aliphatic carbocycles. The quantitative estimate of drug-likeness (QED) is 0.683. The summed E-state index contributed by atoms with van der Waals surface area (Å²) in [6, 6.07) is 8.77. The number of nitrogens with one attached hydrogen (secondary N) is 2. The van der Waals surface area contributed by atoms with Gasteiger partial charge in [-0.3, -0.25) is 4.79 Å². The van der Waals surface area contributed by atoms with Crippen molar-refractivity contribution in [2.75, 3.05) is 18.5 Å². The Morgan fingerprint density at radius 2 is 2.33 bits per heavy atom. The van der Waals surface area contributed by atoms with Crippen LogP contribution in [0.5, 0.6) is 5.75 Å². The normalized spacial score (nSPS) is 19.2. The maximum Gasteiger partial charge on any atom is 0.220 e. The molecule has 1 aromatic rings. The third-order valence-corrected chi connectivity index (χ3v) is 3.70. The van der Waals surface area contributed by atoms with Crippen LogP contribution >= 0.6 is 0 Å². The molecule has 0 radical (unpaired) electrons. The highest BCUT2D eigenvalue weighted by molar-refractivity contribution is 5.73. The molecule has 1 saturated heterocycles. The fourth-order valence-corrected chi connectivity index (χ4v) is 2.68. The predicted octanol–water partition coefficient (Wildman–Crippen LogP) is 1.88. The van der Waals surface area contributed by atoms with E-state index in [1.165, 1.54) is 12.8 Å². The van der Waals surface area contributed by atoms with E-state index < -0.39 is 0 Å². The number of hydrogen-bond acceptors (Lipinski definition) is 4. The van der Waals surface area contributed by atoms with Crippen molar-refractivity contribution < 1.29 is 9.53 Å². The van der Waals surface area contributed by atoms with Gasteiger partial charge < -0.3 is 21.1 Å². The Hall–Kier alpha value is -1.75. The number of nitrogens with two attached hydrogens (primary N) is 1. The summed E-state index contributed by atoms with van der Waals surface area (Å²) in [6.07, 6.45) is 3.85. The van der Waals surface area contributed by atoms with Crippen LogP contribution in [-0.4, -0.2) is 31.1 Å². The Labute approximate surface area is 126 Å². The standard InChI is InChI=1S/C16H25N3O2/c1-12(11-13-5-4-9-18-13)19-14-6-2-3-7-15(14)21-10-8-16(17)20/h2-3,6-7,12-13,18-19H,4-5,8-11H2,1H3,(H2,17,20). The average Bonchev–Trinajstić information content (AvgIpc) is 2.93. The third-order valence-electron chi connectivity index (χ3n) is 3.70. The lowest BCUT2D eigenvalue weighted by Crippen LogP contribution is -2.29. The SMILES string of the molecule is CC(CC1CCCN1)Nc1ccccc1OCCC(N)=O. The van der Waals surface area contributed by atoms with Crippen LogP contribution < -0.4 is 21.1 Å². The van der Waals surface area contributed by atoms with E-state index in [0.717, 1.165) is 24.4 Å². The van der Waals surface area contributed by atoms with Crippen LogP contribution in [0.3, 0.4) is 0 Å². The second-order valence-corrected chi connectivity index (χ2v) is 5.64. The second kappa shape index (κ2) is 7.88. The van der Waals surface area contributed by atoms with Gasteiger partial charge in [-0.25, -0.2) is 0 Å². The minimum Gasteiger partial charge on any atom is -0.491 e. The number of anilines is 1. The molecule has 0 aromatic heterocycles. The highest BCUT2D eigenvalue weighted by Gasteiger charge is 2.17. The molecule has 1 amide bonds. The summed E-state index contributed by atoms with van der Waals surface area (Å²) in [5.41, 5.74) is 6.09. The topological polar surface area (TPSA) is 76.4 Å². The van der Waals surface area contributed by atoms with Gasteiger partial charge in [-0.15, -0.1) is 0 Å². The first-order valence-electron chi connectivity index (χ1n) is 7.65. The van der Waals surface area contributed by atoms with Crippen molar-refractivity contribution in [1.29, 1.82) is 0 Å². The van der Waals surface area contributed by atoms with Gasteiger partial charge in [-0.1, -0.05) is 12.1 Å². The van der Waals surface area contributed by atoms with Gasteiger partial charge >= 0.3 is 0 Å². The van der Waals surface area contributed by atoms with Gasteiger partial charge in [0.1, 0.15) is 5.75 Å². The maximum atomic E-state index is 10.8. The van der Waals surface area contributed by atoms with Crippen molar-refractivity contribution in [3.8, 4) is 5.75 Å². The minimum atomic E-state index is -0.346. The molecule has 21 heavy (non-hydrogen) atoms. The van der Waals surface area contributed by atoms with E-state index in [1.807, 2.05) is 24.3 Å². The second-order valence-electron chi connectivity index (χ2n) is 5.64. The van der Waals surface area contributed by atoms with Crippen molar-refractivity contribution in [2.24, 2.45) is 5.73 Å². The first-order chi connectivity index (χ1) is 10.1. The summed E-state index contributed by atoms with van der Waals surface area (Å²) in [5, 5.41) is 7.01. The molecule has 0 bridgehead atoms. The molecule has 0 saturated carbocycles. The molecule has 1 aliphatic rings. The van der Waals surface area contributed by atoms with E-state index in [4.69, 9.17) is 10.5 Å². The maximum absolute atomic E-state index is 10.8. The summed E-state index contributed by atoms with van der Waals surface area (Å²) >= 11 is 0. The van der Waals surface area contributed by atoms with Crippen LogP contribution in [-0.2, 0) is 4.79 Å². The van der Waals surface area contributed by atoms with Crippen LogP contribution in [0.15, 0.2) is 24.3 Å². The van der Waals surface area contributed by atoms with Crippen LogP contribution in [0, 0.1) is 0 Å². The van der Waals surface area contributed by atoms with Gasteiger partial charge in [0.05, 0.1) is 18.7 Å². The monoisotopic (exact) mass is 291 g/mol. The fraction of sp³-hybridized carbons (Fsp3) is 0.562. The van der Waals surface area contributed by atoms with Gasteiger partial charge in [0, 0.05) is 12.1 Å². The van der Waals surface area contributed by atoms with Gasteiger partial charge in [0.2, 0.25) is 5.91 Å². The molecule has 1 fully saturated rings. The minimum absolute atomic E-state index is 0.232. The van der Waals surface area contributed by atoms with Crippen LogP contribution in [0.25, 0.3) is 0 Å². The number of para-hydroxylation sites is 2. The number of primary amides is 1. The lowest BCUT2D eigenvalue weighted by Gasteiger charge is -2.21. The number of amides is 1. The Balaban J connectivity index is 1.87. The van der Waals surface area contributed by atoms with E-state index in [2.05, 4.69) is 17.6 Å². The number of ether oxygens (including phenoxy) is 1. The summed E-state index contributed by atoms with van der Waals surface area (Å²) in [7, 11) is 0. The molecule has 1 aliphatic heterocycles. The Bertz CT molecular complexity index is 459. The molecule has 116 valence electrons. The average molecular weight is 291 g/mol. The molecule has 2 rings (SSSR count). The summed E-state index contributed by atoms with van der Waals surface area (Å²) < 4.78 is 5.64. The number of benzene rings is 1. The van der Waals surface area contributed by atoms with Gasteiger partial charge in [-0.2, -0.15) is 0 Å². The molecular formula is C16H25N3O2. The first-order valence-corrected chi connectivity index (χ1v) is 7.65. The van der Waals surface area contributed by atoms with Gasteiger partial charge in [-0.05, 0) is 44.9 Å². The van der Waals surface area contributed by atoms with Crippen molar-refractivity contribution in [2.45, 2.75) is 44.7 Å². The van der Waals surface area contributed by atoms with Crippen LogP contribution in [0.1, 0.15) is 32.6 Å². The van der Waals surface area contributed by atoms with Crippen molar-refractivity contribution in [1.82, 2.24) is 5.32 Å². The van der Waals surface area contributed by atoms with Crippen molar-refractivity contribution >= 4 is 11.6 Å². The third kappa shape index (κ3) is 5.27. The van der Waals surface area contributed by atoms with E-state index in [0.29, 0.717) is 18.7 Å². The molecule has 1 aromatic carbocycles. The Morgan fingerprint density at radius 3 is 3.05 bits per heavy atom. The molecule has 5 nitrogen and oxygen atoms in total. The highest BCUT2D eigenvalue weighted by atomic mass is 16.5. The first kappa shape index (κ1) is 15.6. The lowest BCUT2D eigenvalue weighted by atomic mass is 10.1. The van der Waals surface area contributed by atoms with Gasteiger partial charge in [0.15, 0.2) is 0 Å². The van der Waals surface area contributed by atoms with E-state index in [9.17, 15) is 4.79 Å². The molecule has 2 atom stereocenters. The Morgan fingerprint density at radius 1 is 1.52 bits per heavy atom. The van der Waals surface area contributed by atoms with E-state index >= 15 is 0 Å². The predicted molar refractivity (Wildman–Crippen MR) is 84.5 cm³/mol. The molecule has 5 heteroatoms. The zero-order valence-corrected chi connectivity index (χ0v) is 12.6. The van der Waals surface area contributed by atoms with Crippen molar-refractivity contribution in [3.63, 3.8) is 0 Å². The summed E-state index contributed by atoms with van der Waals surface area (Å²) in [4.78, 5) is 10.8. The van der Waals surface area contributed by atoms with Gasteiger partial charge in [0.25, 0.3) is 0 Å². The molecular weight excluding hydrogens is 266 g/mol. The smallest absolute Gasteiger partial charge is 0.220 e. The molecule has 2 unspecified atom stereocenters. The Kier molecular flexibility index (Phi) is 5.87. The van der Waals surface area contributed by atoms with Crippen LogP contribution in [0.2, 0.25) is 0 Å². The fourth-order valence-electron chi connectivity index (χ4n) is 2.68. The summed E-state index contributed by atoms with van der Waals surface area (Å²) in [5.74, 6) is 0.422. The lowest BCUT2D eigenvalue weighted by molar-refractivity contribution is -0.118. The summed E-state index contributed by atoms with van der Waals surface area (Å²) in [6.45, 7) is 3.62. The molecule has 4 N–H and O–H groups in total. The number of carbonyl (C=O) groups excluding carboxylic acids is 1.